The third-order valence-corrected chi connectivity index (χ3v) is 0. The second kappa shape index (κ2) is 29.3. The van der Waals surface area contributed by atoms with Crippen molar-refractivity contribution in [1.29, 1.82) is 0 Å². The topological polar surface area (TPSA) is 28.5 Å². The Bertz CT molecular complexity index is 9.61. The SMILES string of the molecule is [Cl-].[Mg+2].[Mg+2].[Na+].[O-2]. The van der Waals surface area contributed by atoms with Crippen molar-refractivity contribution in [2.75, 3.05) is 0 Å². The molecule has 0 aliphatic rings. The van der Waals surface area contributed by atoms with Crippen molar-refractivity contribution in [3.63, 3.8) is 0 Å². The normalized spacial score (nSPS) is 0. The number of rotatable bonds is 0. The molecule has 0 aliphatic carbocycles. The zero-order valence-corrected chi connectivity index (χ0v) is 8.78. The summed E-state index contributed by atoms with van der Waals surface area (Å²) in [4.78, 5) is 0. The van der Waals surface area contributed by atoms with Gasteiger partial charge in [-0.05, 0) is 0 Å². The molecule has 0 fully saturated rings. The smallest absolute Gasteiger partial charge is 2.00 e. The monoisotopic (exact) mass is 122 g/mol. The molecule has 0 heterocycles. The van der Waals surface area contributed by atoms with Crippen LogP contribution in [0.4, 0.5) is 0 Å². The van der Waals surface area contributed by atoms with E-state index in [1.807, 2.05) is 0 Å². The number of halogens is 1. The molecule has 0 spiro atoms. The summed E-state index contributed by atoms with van der Waals surface area (Å²) < 4.78 is 0. The molecule has 5 heavy (non-hydrogen) atoms. The predicted octanol–water partition coefficient (Wildman–Crippen LogP) is -6.87. The Morgan fingerprint density at radius 3 is 0.800 bits per heavy atom. The van der Waals surface area contributed by atoms with Gasteiger partial charge in [-0.25, -0.2) is 0 Å². The predicted molar refractivity (Wildman–Crippen MR) is 12.2 cm³/mol. The van der Waals surface area contributed by atoms with Crippen LogP contribution in [0.2, 0.25) is 0 Å². The average Bonchev–Trinajstić information content (AvgIpc) is 0. The quantitative estimate of drug-likeness (QED) is 0.286. The molecule has 0 saturated carbocycles. The van der Waals surface area contributed by atoms with Gasteiger partial charge in [0.25, 0.3) is 0 Å². The summed E-state index contributed by atoms with van der Waals surface area (Å²) in [6.45, 7) is 0. The van der Waals surface area contributed by atoms with E-state index in [9.17, 15) is 0 Å². The first-order valence-corrected chi connectivity index (χ1v) is 0. The Labute approximate surface area is 92.0 Å². The van der Waals surface area contributed by atoms with Gasteiger partial charge in [-0.2, -0.15) is 0 Å². The van der Waals surface area contributed by atoms with E-state index in [-0.39, 0.29) is 93.5 Å². The van der Waals surface area contributed by atoms with Crippen molar-refractivity contribution in [2.45, 2.75) is 0 Å². The molecule has 0 rings (SSSR count). The van der Waals surface area contributed by atoms with Crippen LogP contribution >= 0.6 is 0 Å². The van der Waals surface area contributed by atoms with Gasteiger partial charge in [-0.1, -0.05) is 0 Å². The van der Waals surface area contributed by atoms with Gasteiger partial charge in [-0.15, -0.1) is 0 Å². The molecule has 0 aromatic carbocycles. The van der Waals surface area contributed by atoms with Crippen LogP contribution in [0.15, 0.2) is 0 Å². The summed E-state index contributed by atoms with van der Waals surface area (Å²) in [6.07, 6.45) is 0. The molecule has 5 heteroatoms. The van der Waals surface area contributed by atoms with Crippen molar-refractivity contribution < 1.29 is 47.4 Å². The Morgan fingerprint density at radius 1 is 0.800 bits per heavy atom. The van der Waals surface area contributed by atoms with Crippen LogP contribution in [0.25, 0.3) is 0 Å². The van der Waals surface area contributed by atoms with Crippen LogP contribution in [-0.2, 0) is 5.48 Å². The van der Waals surface area contributed by atoms with Crippen molar-refractivity contribution >= 4 is 46.1 Å². The Hall–Kier alpha value is 2.78. The molecule has 16 valence electrons. The molecular weight excluding hydrogens is 123 g/mol. The first kappa shape index (κ1) is 46.2. The van der Waals surface area contributed by atoms with E-state index in [2.05, 4.69) is 0 Å². The van der Waals surface area contributed by atoms with Crippen molar-refractivity contribution in [1.82, 2.24) is 0 Å². The minimum absolute atomic E-state index is 0. The van der Waals surface area contributed by atoms with Crippen LogP contribution in [0.1, 0.15) is 0 Å². The van der Waals surface area contributed by atoms with Gasteiger partial charge in [0.15, 0.2) is 0 Å². The zero-order valence-electron chi connectivity index (χ0n) is 3.20. The summed E-state index contributed by atoms with van der Waals surface area (Å²) in [6, 6.07) is 0. The molecule has 0 atom stereocenters. The van der Waals surface area contributed by atoms with Crippen LogP contribution in [0, 0.1) is 0 Å². The maximum atomic E-state index is 0. The molecule has 1 nitrogen and oxygen atoms in total. The molecule has 0 aromatic rings. The molecule has 0 amide bonds. The maximum absolute atomic E-state index is 0. The molecule has 0 radical (unpaired) electrons. The molecular formula is ClMg2NaO+2. The third kappa shape index (κ3) is 20.0. The maximum Gasteiger partial charge on any atom is 2.00 e. The van der Waals surface area contributed by atoms with E-state index in [0.29, 0.717) is 0 Å². The number of hydrogen-bond acceptors (Lipinski definition) is 0. The molecule has 0 unspecified atom stereocenters. The van der Waals surface area contributed by atoms with Gasteiger partial charge < -0.3 is 17.9 Å². The van der Waals surface area contributed by atoms with Crippen LogP contribution in [0.5, 0.6) is 0 Å². The Balaban J connectivity index is 0. The summed E-state index contributed by atoms with van der Waals surface area (Å²) in [5, 5.41) is 0. The van der Waals surface area contributed by atoms with Crippen LogP contribution in [0.3, 0.4) is 0 Å². The van der Waals surface area contributed by atoms with Gasteiger partial charge in [0, 0.05) is 0 Å². The van der Waals surface area contributed by atoms with E-state index in [4.69, 9.17) is 0 Å². The van der Waals surface area contributed by atoms with Crippen LogP contribution < -0.4 is 42.0 Å². The van der Waals surface area contributed by atoms with E-state index in [0.717, 1.165) is 0 Å². The molecule has 0 N–H and O–H groups in total. The Kier molecular flexibility index (Phi) is 271. The van der Waals surface area contributed by atoms with Crippen LogP contribution in [-0.4, -0.2) is 46.1 Å². The van der Waals surface area contributed by atoms with E-state index >= 15 is 0 Å². The minimum atomic E-state index is 0. The van der Waals surface area contributed by atoms with E-state index in [1.165, 1.54) is 0 Å². The molecule has 0 bridgehead atoms. The molecule has 0 aromatic heterocycles. The van der Waals surface area contributed by atoms with E-state index in [1.54, 1.807) is 0 Å². The first-order chi connectivity index (χ1) is 0. The molecule has 0 aliphatic heterocycles. The molecule has 0 saturated heterocycles. The first-order valence-electron chi connectivity index (χ1n) is 0. The summed E-state index contributed by atoms with van der Waals surface area (Å²) in [5.41, 5.74) is 0. The largest absolute Gasteiger partial charge is 2.00 e. The number of hydrogen-bond donors (Lipinski definition) is 0. The van der Waals surface area contributed by atoms with Crippen molar-refractivity contribution in [2.24, 2.45) is 0 Å². The van der Waals surface area contributed by atoms with Gasteiger partial charge in [-0.3, -0.25) is 0 Å². The van der Waals surface area contributed by atoms with Gasteiger partial charge in [0.05, 0.1) is 0 Å². The summed E-state index contributed by atoms with van der Waals surface area (Å²) in [5.74, 6) is 0. The fourth-order valence-corrected chi connectivity index (χ4v) is 0. The second-order valence-corrected chi connectivity index (χ2v) is 0. The fraction of sp³-hybridized carbons (Fsp3) is 0. The van der Waals surface area contributed by atoms with Gasteiger partial charge >= 0.3 is 75.7 Å². The standard InChI is InChI=1S/ClH.2Mg.Na.O/h1H;;;;/q;2*+2;+1;-2/p-1. The van der Waals surface area contributed by atoms with Gasteiger partial charge in [0.1, 0.15) is 0 Å². The van der Waals surface area contributed by atoms with Crippen molar-refractivity contribution in [3.8, 4) is 0 Å². The Morgan fingerprint density at radius 2 is 0.800 bits per heavy atom. The zero-order chi connectivity index (χ0) is 0. The third-order valence-electron chi connectivity index (χ3n) is 0. The summed E-state index contributed by atoms with van der Waals surface area (Å²) in [7, 11) is 0. The van der Waals surface area contributed by atoms with E-state index < -0.39 is 0 Å². The van der Waals surface area contributed by atoms with Gasteiger partial charge in [0.2, 0.25) is 0 Å². The second-order valence-electron chi connectivity index (χ2n) is 0. The van der Waals surface area contributed by atoms with Crippen molar-refractivity contribution in [3.05, 3.63) is 0 Å². The summed E-state index contributed by atoms with van der Waals surface area (Å²) >= 11 is 0. The minimum Gasteiger partial charge on any atom is -2.00 e. The average molecular weight is 123 g/mol. The fourth-order valence-electron chi connectivity index (χ4n) is 0.